The van der Waals surface area contributed by atoms with Gasteiger partial charge in [-0.05, 0) is 31.6 Å². The van der Waals surface area contributed by atoms with Crippen LogP contribution in [-0.2, 0) is 9.59 Å². The molecule has 0 saturated carbocycles. The first-order valence-electron chi connectivity index (χ1n) is 12.3. The van der Waals surface area contributed by atoms with E-state index in [1.54, 1.807) is 29.2 Å². The number of carbonyl (C=O) groups is 2. The van der Waals surface area contributed by atoms with Gasteiger partial charge < -0.3 is 25.4 Å². The summed E-state index contributed by atoms with van der Waals surface area (Å²) in [7, 11) is 1.40. The van der Waals surface area contributed by atoms with Crippen LogP contribution >= 0.6 is 11.6 Å². The van der Waals surface area contributed by atoms with Crippen LogP contribution < -0.4 is 20.5 Å². The van der Waals surface area contributed by atoms with E-state index in [4.69, 9.17) is 28.2 Å². The second kappa shape index (κ2) is 9.98. The van der Waals surface area contributed by atoms with Gasteiger partial charge in [0.05, 0.1) is 29.4 Å². The number of hydrogen-bond donors (Lipinski definition) is 2. The number of ether oxygens (including phenoxy) is 2. The topological polar surface area (TPSA) is 123 Å². The molecule has 194 valence electrons. The van der Waals surface area contributed by atoms with Crippen molar-refractivity contribution in [2.24, 2.45) is 5.73 Å². The fourth-order valence-corrected chi connectivity index (χ4v) is 4.84. The molecule has 2 saturated heterocycles. The van der Waals surface area contributed by atoms with Crippen molar-refractivity contribution >= 4 is 45.8 Å². The van der Waals surface area contributed by atoms with Crippen LogP contribution in [0.3, 0.4) is 0 Å². The van der Waals surface area contributed by atoms with Crippen LogP contribution in [0.4, 0.5) is 15.9 Å². The first-order valence-corrected chi connectivity index (χ1v) is 12.0. The number of nitrogens with two attached hydrogens (primary N) is 1. The molecule has 0 aliphatic carbocycles. The van der Waals surface area contributed by atoms with Gasteiger partial charge in [-0.25, -0.2) is 14.4 Å². The smallest absolute Gasteiger partial charge is 0.240 e. The van der Waals surface area contributed by atoms with Crippen LogP contribution in [0.15, 0.2) is 36.7 Å². The van der Waals surface area contributed by atoms with E-state index in [-0.39, 0.29) is 23.6 Å². The molecule has 37 heavy (non-hydrogen) atoms. The van der Waals surface area contributed by atoms with Gasteiger partial charge in [-0.2, -0.15) is 0 Å². The zero-order valence-electron chi connectivity index (χ0n) is 21.0. The summed E-state index contributed by atoms with van der Waals surface area (Å²) in [6, 6.07) is 6.79. The van der Waals surface area contributed by atoms with E-state index < -0.39 is 29.9 Å². The van der Waals surface area contributed by atoms with Gasteiger partial charge in [-0.15, -0.1) is 0 Å². The first kappa shape index (κ1) is 23.7. The van der Waals surface area contributed by atoms with Crippen LogP contribution in [0.1, 0.15) is 14.2 Å². The number of likely N-dealkylation sites (N-methyl/N-ethyl adjacent to an activating group) is 1. The Morgan fingerprint density at radius 2 is 2.11 bits per heavy atom. The molecular weight excluding hydrogens is 503 g/mol. The van der Waals surface area contributed by atoms with Gasteiger partial charge in [0.1, 0.15) is 24.3 Å². The SMILES string of the molecule is [2H]CN1C[C@@H](Oc2cc3c(Nc4cccc(Cl)c4F)ncnc3cc2OC)C[C@H]1C(=O)N1CC[C@H]1C(N)=O. The molecule has 2 aromatic carbocycles. The Kier molecular flexibility index (Phi) is 6.39. The number of anilines is 2. The molecule has 1 aromatic heterocycles. The minimum atomic E-state index is -0.608. The summed E-state index contributed by atoms with van der Waals surface area (Å²) in [6.07, 6.45) is 1.79. The molecule has 0 bridgehead atoms. The van der Waals surface area contributed by atoms with Crippen molar-refractivity contribution in [3.05, 3.63) is 47.5 Å². The molecule has 3 atom stereocenters. The standard InChI is InChI=1S/C25H26ClFN6O4/c1-32-11-13(8-19(32)25(35)33-7-6-18(33)23(28)34)37-21-9-14-17(10-20(21)36-2)29-12-30-24(14)31-16-5-3-4-15(26)22(16)27/h3-5,9-10,12-13,18-19H,6-8,11H2,1-2H3,(H2,28,34)(H,29,30,31)/t13-,18-,19-/m0/s1/i1D. The third-order valence-corrected chi connectivity index (χ3v) is 6.99. The predicted octanol–water partition coefficient (Wildman–Crippen LogP) is 2.71. The zero-order valence-corrected chi connectivity index (χ0v) is 20.7. The van der Waals surface area contributed by atoms with E-state index in [0.717, 1.165) is 0 Å². The van der Waals surface area contributed by atoms with Crippen LogP contribution in [-0.4, -0.2) is 77.0 Å². The van der Waals surface area contributed by atoms with E-state index in [1.165, 1.54) is 24.4 Å². The maximum atomic E-state index is 14.5. The van der Waals surface area contributed by atoms with E-state index in [0.29, 0.717) is 54.2 Å². The highest BCUT2D eigenvalue weighted by Crippen LogP contribution is 2.37. The van der Waals surface area contributed by atoms with E-state index >= 15 is 0 Å². The largest absolute Gasteiger partial charge is 0.493 e. The number of fused-ring (bicyclic) bond motifs is 1. The summed E-state index contributed by atoms with van der Waals surface area (Å²) in [5, 5.41) is 3.49. The number of nitrogens with one attached hydrogen (secondary N) is 1. The third kappa shape index (κ3) is 4.72. The quantitative estimate of drug-likeness (QED) is 0.479. The summed E-state index contributed by atoms with van der Waals surface area (Å²) in [6.45, 7) is 0.794. The molecule has 2 aliphatic heterocycles. The number of likely N-dealkylation sites (tertiary alicyclic amines) is 2. The molecule has 0 radical (unpaired) electrons. The van der Waals surface area contributed by atoms with E-state index in [2.05, 4.69) is 15.3 Å². The van der Waals surface area contributed by atoms with Gasteiger partial charge >= 0.3 is 0 Å². The molecule has 3 N–H and O–H groups in total. The molecule has 3 aromatic rings. The highest BCUT2D eigenvalue weighted by Gasteiger charge is 2.44. The lowest BCUT2D eigenvalue weighted by Crippen LogP contribution is -2.60. The summed E-state index contributed by atoms with van der Waals surface area (Å²) in [4.78, 5) is 36.5. The average Bonchev–Trinajstić information content (AvgIpc) is 3.28. The second-order valence-corrected chi connectivity index (χ2v) is 9.38. The lowest BCUT2D eigenvalue weighted by atomic mass is 10.00. The van der Waals surface area contributed by atoms with Crippen LogP contribution in [0.25, 0.3) is 10.9 Å². The molecule has 5 rings (SSSR count). The number of rotatable bonds is 7. The Morgan fingerprint density at radius 1 is 1.27 bits per heavy atom. The molecule has 0 unspecified atom stereocenters. The summed E-state index contributed by atoms with van der Waals surface area (Å²) < 4.78 is 34.2. The second-order valence-electron chi connectivity index (χ2n) is 8.97. The Labute approximate surface area is 218 Å². The minimum absolute atomic E-state index is 0.0243. The molecule has 2 aliphatic rings. The van der Waals surface area contributed by atoms with Gasteiger partial charge in [0.15, 0.2) is 17.3 Å². The van der Waals surface area contributed by atoms with Crippen molar-refractivity contribution in [2.75, 3.05) is 32.5 Å². The van der Waals surface area contributed by atoms with Crippen molar-refractivity contribution in [1.82, 2.24) is 19.8 Å². The third-order valence-electron chi connectivity index (χ3n) is 6.70. The minimum Gasteiger partial charge on any atom is -0.493 e. The number of aromatic nitrogens is 2. The Hall–Kier alpha value is -3.70. The monoisotopic (exact) mass is 529 g/mol. The molecule has 2 amide bonds. The Bertz CT molecular complexity index is 1400. The van der Waals surface area contributed by atoms with Crippen molar-refractivity contribution in [2.45, 2.75) is 31.0 Å². The first-order chi connectivity index (χ1) is 18.3. The van der Waals surface area contributed by atoms with E-state index in [9.17, 15) is 14.0 Å². The number of hydrogen-bond acceptors (Lipinski definition) is 8. The number of carbonyl (C=O) groups excluding carboxylic acids is 2. The van der Waals surface area contributed by atoms with Crippen molar-refractivity contribution in [1.29, 1.82) is 0 Å². The highest BCUT2D eigenvalue weighted by molar-refractivity contribution is 6.31. The average molecular weight is 530 g/mol. The van der Waals surface area contributed by atoms with Crippen molar-refractivity contribution in [3.63, 3.8) is 0 Å². The maximum Gasteiger partial charge on any atom is 0.240 e. The Balaban J connectivity index is 1.40. The molecule has 3 heterocycles. The van der Waals surface area contributed by atoms with Gasteiger partial charge in [-0.3, -0.25) is 14.5 Å². The van der Waals surface area contributed by atoms with Crippen LogP contribution in [0, 0.1) is 5.82 Å². The number of primary amides is 1. The highest BCUT2D eigenvalue weighted by atomic mass is 35.5. The fraction of sp³-hybridized carbons (Fsp3) is 0.360. The maximum absolute atomic E-state index is 14.5. The predicted molar refractivity (Wildman–Crippen MR) is 136 cm³/mol. The normalized spacial score (nSPS) is 21.9. The zero-order chi connectivity index (χ0) is 27.0. The van der Waals surface area contributed by atoms with Crippen molar-refractivity contribution in [3.8, 4) is 11.5 Å². The lowest BCUT2D eigenvalue weighted by molar-refractivity contribution is -0.149. The summed E-state index contributed by atoms with van der Waals surface area (Å²) >= 11 is 5.92. The van der Waals surface area contributed by atoms with Gasteiger partial charge in [0.2, 0.25) is 11.8 Å². The molecular formula is C25H26ClFN6O4. The van der Waals surface area contributed by atoms with Gasteiger partial charge in [0, 0.05) is 32.3 Å². The number of methoxy groups -OCH3 is 1. The van der Waals surface area contributed by atoms with Crippen LogP contribution in [0.2, 0.25) is 5.02 Å². The fourth-order valence-electron chi connectivity index (χ4n) is 4.66. The summed E-state index contributed by atoms with van der Waals surface area (Å²) in [5.41, 5.74) is 6.10. The lowest BCUT2D eigenvalue weighted by Gasteiger charge is -2.41. The van der Waals surface area contributed by atoms with Crippen LogP contribution in [0.5, 0.6) is 11.5 Å². The number of halogens is 2. The number of nitrogens with zero attached hydrogens (tertiary/aromatic N) is 4. The molecule has 10 nitrogen and oxygen atoms in total. The van der Waals surface area contributed by atoms with Gasteiger partial charge in [-0.1, -0.05) is 17.7 Å². The number of amides is 2. The number of benzene rings is 2. The van der Waals surface area contributed by atoms with E-state index in [1.807, 2.05) is 0 Å². The molecule has 0 spiro atoms. The molecule has 12 heteroatoms. The summed E-state index contributed by atoms with van der Waals surface area (Å²) in [5.74, 6) is -0.230. The Morgan fingerprint density at radius 3 is 2.81 bits per heavy atom. The van der Waals surface area contributed by atoms with Crippen molar-refractivity contribution < 1.29 is 24.8 Å². The molecule has 2 fully saturated rings. The van der Waals surface area contributed by atoms with Gasteiger partial charge in [0.25, 0.3) is 0 Å².